The van der Waals surface area contributed by atoms with Crippen LogP contribution in [0.2, 0.25) is 0 Å². The van der Waals surface area contributed by atoms with Gasteiger partial charge >= 0.3 is 0 Å². The van der Waals surface area contributed by atoms with Crippen molar-refractivity contribution in [1.82, 2.24) is 14.7 Å². The lowest BCUT2D eigenvalue weighted by atomic mass is 10.2. The number of hydrogen-bond acceptors (Lipinski definition) is 4. The summed E-state index contributed by atoms with van der Waals surface area (Å²) in [5.41, 5.74) is 0.762. The quantitative estimate of drug-likeness (QED) is 0.705. The topological polar surface area (TPSA) is 36.0 Å². The molecule has 3 fully saturated rings. The van der Waals surface area contributed by atoms with E-state index in [4.69, 9.17) is 4.74 Å². The molecule has 30 heavy (non-hydrogen) atoms. The van der Waals surface area contributed by atoms with Crippen LogP contribution in [0.4, 0.5) is 0 Å². The normalized spacial score (nSPS) is 19.5. The van der Waals surface area contributed by atoms with Crippen molar-refractivity contribution in [1.29, 1.82) is 0 Å². The number of likely N-dealkylation sites (N-methyl/N-ethyl adjacent to an activating group) is 1. The van der Waals surface area contributed by atoms with Gasteiger partial charge in [0.05, 0.1) is 0 Å². The minimum atomic E-state index is 0.145. The van der Waals surface area contributed by atoms with E-state index in [-0.39, 0.29) is 5.91 Å². The van der Waals surface area contributed by atoms with E-state index in [9.17, 15) is 4.79 Å². The summed E-state index contributed by atoms with van der Waals surface area (Å²) >= 11 is 0. The molecule has 0 unspecified atom stereocenters. The summed E-state index contributed by atoms with van der Waals surface area (Å²) in [4.78, 5) is 19.0. The van der Waals surface area contributed by atoms with E-state index in [1.807, 2.05) is 43.0 Å². The molecule has 1 aromatic carbocycles. The first-order valence-corrected chi connectivity index (χ1v) is 12.2. The Hall–Kier alpha value is -1.59. The fraction of sp³-hybridized carbons (Fsp3) is 0.720. The third-order valence-corrected chi connectivity index (χ3v) is 6.02. The van der Waals surface area contributed by atoms with Crippen LogP contribution in [0.25, 0.3) is 0 Å². The van der Waals surface area contributed by atoms with Crippen LogP contribution in [0, 0.1) is 0 Å². The first-order chi connectivity index (χ1) is 14.7. The Morgan fingerprint density at radius 1 is 0.800 bits per heavy atom. The zero-order valence-corrected chi connectivity index (χ0v) is 19.6. The van der Waals surface area contributed by atoms with Crippen molar-refractivity contribution in [3.05, 3.63) is 29.8 Å². The molecular weight excluding hydrogens is 374 g/mol. The van der Waals surface area contributed by atoms with E-state index in [0.717, 1.165) is 70.0 Å². The molecule has 2 aliphatic heterocycles. The molecule has 1 aliphatic carbocycles. The van der Waals surface area contributed by atoms with Crippen LogP contribution in [0.15, 0.2) is 24.3 Å². The highest BCUT2D eigenvalue weighted by Gasteiger charge is 2.19. The number of hydrogen-bond donors (Lipinski definition) is 0. The average Bonchev–Trinajstić information content (AvgIpc) is 3.54. The van der Waals surface area contributed by atoms with Crippen LogP contribution >= 0.6 is 0 Å². The predicted molar refractivity (Wildman–Crippen MR) is 125 cm³/mol. The van der Waals surface area contributed by atoms with Crippen LogP contribution in [-0.2, 0) is 0 Å². The second kappa shape index (κ2) is 14.4. The average molecular weight is 418 g/mol. The second-order valence-corrected chi connectivity index (χ2v) is 8.28. The molecule has 5 heteroatoms. The van der Waals surface area contributed by atoms with Crippen molar-refractivity contribution in [2.45, 2.75) is 58.8 Å². The molecule has 0 atom stereocenters. The van der Waals surface area contributed by atoms with E-state index < -0.39 is 0 Å². The SMILES string of the molecule is C1CCCC1.CC.CN1CCN(CCOc2ccc(C(=O)N3CCCC3)cc2)CC1. The van der Waals surface area contributed by atoms with Gasteiger partial charge < -0.3 is 14.5 Å². The van der Waals surface area contributed by atoms with Gasteiger partial charge in [-0.25, -0.2) is 0 Å². The van der Waals surface area contributed by atoms with Crippen molar-refractivity contribution in [2.24, 2.45) is 0 Å². The summed E-state index contributed by atoms with van der Waals surface area (Å²) in [7, 11) is 2.17. The maximum atomic E-state index is 12.3. The van der Waals surface area contributed by atoms with Crippen molar-refractivity contribution in [2.75, 3.05) is 59.5 Å². The van der Waals surface area contributed by atoms with Crippen LogP contribution in [0.5, 0.6) is 5.75 Å². The molecule has 0 bridgehead atoms. The zero-order valence-electron chi connectivity index (χ0n) is 19.6. The monoisotopic (exact) mass is 417 g/mol. The maximum Gasteiger partial charge on any atom is 0.253 e. The van der Waals surface area contributed by atoms with Gasteiger partial charge in [0.15, 0.2) is 0 Å². The fourth-order valence-corrected chi connectivity index (χ4v) is 4.04. The number of benzene rings is 1. The Morgan fingerprint density at radius 2 is 1.33 bits per heavy atom. The van der Waals surface area contributed by atoms with Gasteiger partial charge in [0.1, 0.15) is 12.4 Å². The highest BCUT2D eigenvalue weighted by molar-refractivity contribution is 5.94. The van der Waals surface area contributed by atoms with Gasteiger partial charge in [-0.2, -0.15) is 0 Å². The molecule has 170 valence electrons. The summed E-state index contributed by atoms with van der Waals surface area (Å²) in [6.45, 7) is 11.9. The van der Waals surface area contributed by atoms with Crippen LogP contribution in [-0.4, -0.2) is 80.1 Å². The van der Waals surface area contributed by atoms with Crippen molar-refractivity contribution in [3.63, 3.8) is 0 Å². The molecule has 3 aliphatic rings. The molecule has 4 rings (SSSR count). The van der Waals surface area contributed by atoms with Crippen LogP contribution in [0.1, 0.15) is 69.2 Å². The lowest BCUT2D eigenvalue weighted by Crippen LogP contribution is -2.45. The number of amides is 1. The van der Waals surface area contributed by atoms with Gasteiger partial charge in [0.25, 0.3) is 5.91 Å². The molecule has 0 radical (unpaired) electrons. The van der Waals surface area contributed by atoms with Crippen molar-refractivity contribution >= 4 is 5.91 Å². The molecule has 0 aromatic heterocycles. The Morgan fingerprint density at radius 3 is 1.87 bits per heavy atom. The smallest absolute Gasteiger partial charge is 0.253 e. The van der Waals surface area contributed by atoms with Gasteiger partial charge in [0, 0.05) is 51.4 Å². The number of nitrogens with zero attached hydrogens (tertiary/aromatic N) is 3. The van der Waals surface area contributed by atoms with Crippen LogP contribution < -0.4 is 4.74 Å². The molecule has 2 saturated heterocycles. The van der Waals surface area contributed by atoms with E-state index in [1.54, 1.807) is 0 Å². The number of carbonyl (C=O) groups is 1. The van der Waals surface area contributed by atoms with Gasteiger partial charge in [-0.05, 0) is 44.2 Å². The second-order valence-electron chi connectivity index (χ2n) is 8.28. The molecule has 5 nitrogen and oxygen atoms in total. The minimum Gasteiger partial charge on any atom is -0.492 e. The largest absolute Gasteiger partial charge is 0.492 e. The standard InChI is InChI=1S/C18H27N3O2.C5H10.C2H6/c1-19-10-12-20(13-11-19)14-15-23-17-6-4-16(5-7-17)18(22)21-8-2-3-9-21;1-2-4-5-3-1;1-2/h4-7H,2-3,8-15H2,1H3;1-5H2;1-2H3. The number of likely N-dealkylation sites (tertiary alicyclic amines) is 1. The Bertz CT molecular complexity index is 565. The first-order valence-electron chi connectivity index (χ1n) is 12.2. The molecule has 0 N–H and O–H groups in total. The summed E-state index contributed by atoms with van der Waals surface area (Å²) in [6, 6.07) is 7.58. The number of rotatable bonds is 5. The molecule has 1 saturated carbocycles. The number of carbonyl (C=O) groups excluding carboxylic acids is 1. The van der Waals surface area contributed by atoms with E-state index >= 15 is 0 Å². The Labute approximate surface area is 184 Å². The Kier molecular flexibility index (Phi) is 11.9. The summed E-state index contributed by atoms with van der Waals surface area (Å²) in [6.07, 6.45) is 9.75. The molecule has 0 spiro atoms. The third kappa shape index (κ3) is 8.65. The summed E-state index contributed by atoms with van der Waals surface area (Å²) < 4.78 is 5.82. The Balaban J connectivity index is 0.000000393. The molecule has 1 amide bonds. The van der Waals surface area contributed by atoms with Crippen molar-refractivity contribution < 1.29 is 9.53 Å². The maximum absolute atomic E-state index is 12.3. The van der Waals surface area contributed by atoms with Crippen molar-refractivity contribution in [3.8, 4) is 5.75 Å². The van der Waals surface area contributed by atoms with Gasteiger partial charge in [-0.3, -0.25) is 9.69 Å². The predicted octanol–water partition coefficient (Wildman–Crippen LogP) is 4.53. The summed E-state index contributed by atoms with van der Waals surface area (Å²) in [5, 5.41) is 0. The lowest BCUT2D eigenvalue weighted by Gasteiger charge is -2.32. The first kappa shape index (κ1) is 24.7. The lowest BCUT2D eigenvalue weighted by molar-refractivity contribution is 0.0793. The van der Waals surface area contributed by atoms with Gasteiger partial charge in [-0.1, -0.05) is 46.0 Å². The number of ether oxygens (including phenoxy) is 1. The zero-order chi connectivity index (χ0) is 21.6. The molecule has 1 aromatic rings. The number of piperazine rings is 1. The van der Waals surface area contributed by atoms with E-state index in [1.165, 1.54) is 32.1 Å². The van der Waals surface area contributed by atoms with Gasteiger partial charge in [0.2, 0.25) is 0 Å². The van der Waals surface area contributed by atoms with Crippen LogP contribution in [0.3, 0.4) is 0 Å². The summed E-state index contributed by atoms with van der Waals surface area (Å²) in [5.74, 6) is 0.989. The highest BCUT2D eigenvalue weighted by atomic mass is 16.5. The molecule has 2 heterocycles. The van der Waals surface area contributed by atoms with E-state index in [2.05, 4.69) is 16.8 Å². The fourth-order valence-electron chi connectivity index (χ4n) is 4.04. The highest BCUT2D eigenvalue weighted by Crippen LogP contribution is 2.17. The minimum absolute atomic E-state index is 0.145. The van der Waals surface area contributed by atoms with Gasteiger partial charge in [-0.15, -0.1) is 0 Å². The molecular formula is C25H43N3O2. The van der Waals surface area contributed by atoms with E-state index in [0.29, 0.717) is 6.61 Å². The third-order valence-electron chi connectivity index (χ3n) is 6.02.